The Bertz CT molecular complexity index is 705. The molecular weight excluding hydrogens is 334 g/mol. The van der Waals surface area contributed by atoms with Gasteiger partial charge < -0.3 is 14.8 Å². The largest absolute Gasteiger partial charge is 0.454 e. The van der Waals surface area contributed by atoms with Gasteiger partial charge in [-0.25, -0.2) is 0 Å². The lowest BCUT2D eigenvalue weighted by atomic mass is 10.1. The second kappa shape index (κ2) is 7.15. The summed E-state index contributed by atoms with van der Waals surface area (Å²) in [5.41, 5.74) is 0.985. The zero-order valence-corrected chi connectivity index (χ0v) is 14.1. The van der Waals surface area contributed by atoms with Crippen molar-refractivity contribution in [2.45, 2.75) is 17.9 Å². The van der Waals surface area contributed by atoms with Crippen molar-refractivity contribution in [3.63, 3.8) is 0 Å². The number of benzene rings is 2. The molecule has 0 aliphatic carbocycles. The Morgan fingerprint density at radius 2 is 1.96 bits per heavy atom. The van der Waals surface area contributed by atoms with Gasteiger partial charge in [0, 0.05) is 9.92 Å². The van der Waals surface area contributed by atoms with Gasteiger partial charge in [-0.15, -0.1) is 11.8 Å². The van der Waals surface area contributed by atoms with Crippen molar-refractivity contribution >= 4 is 29.3 Å². The van der Waals surface area contributed by atoms with E-state index >= 15 is 0 Å². The van der Waals surface area contributed by atoms with Crippen LogP contribution >= 0.6 is 23.4 Å². The summed E-state index contributed by atoms with van der Waals surface area (Å²) in [5.74, 6) is 1.80. The number of thioether (sulfide) groups is 1. The van der Waals surface area contributed by atoms with Crippen molar-refractivity contribution in [2.75, 3.05) is 12.5 Å². The predicted molar refractivity (Wildman–Crippen MR) is 91.3 cm³/mol. The smallest absolute Gasteiger partial charge is 0.231 e. The summed E-state index contributed by atoms with van der Waals surface area (Å²) in [6.07, 6.45) is 0. The lowest BCUT2D eigenvalue weighted by Crippen LogP contribution is -2.28. The average molecular weight is 350 g/mol. The van der Waals surface area contributed by atoms with Gasteiger partial charge in [0.15, 0.2) is 11.5 Å². The highest BCUT2D eigenvalue weighted by Crippen LogP contribution is 2.34. The molecule has 6 heteroatoms. The van der Waals surface area contributed by atoms with Crippen LogP contribution in [0.3, 0.4) is 0 Å². The van der Waals surface area contributed by atoms with E-state index in [2.05, 4.69) is 5.32 Å². The van der Waals surface area contributed by atoms with Gasteiger partial charge in [0.1, 0.15) is 0 Å². The molecule has 0 bridgehead atoms. The van der Waals surface area contributed by atoms with Gasteiger partial charge in [-0.1, -0.05) is 17.7 Å². The standard InChI is InChI=1S/C17H16ClNO3S/c1-11(12-2-7-15-16(8-12)22-10-21-15)19-17(20)9-23-14-5-3-13(18)4-6-14/h2-8,11H,9-10H2,1H3,(H,19,20)/t11-/m0/s1. The van der Waals surface area contributed by atoms with Crippen LogP contribution in [0.1, 0.15) is 18.5 Å². The zero-order chi connectivity index (χ0) is 16.2. The first-order valence-electron chi connectivity index (χ1n) is 7.19. The number of ether oxygens (including phenoxy) is 2. The van der Waals surface area contributed by atoms with Crippen molar-refractivity contribution in [3.05, 3.63) is 53.1 Å². The van der Waals surface area contributed by atoms with Crippen molar-refractivity contribution in [1.82, 2.24) is 5.32 Å². The van der Waals surface area contributed by atoms with Gasteiger partial charge in [0.25, 0.3) is 0 Å². The van der Waals surface area contributed by atoms with Crippen molar-refractivity contribution in [1.29, 1.82) is 0 Å². The Morgan fingerprint density at radius 1 is 1.22 bits per heavy atom. The van der Waals surface area contributed by atoms with E-state index in [0.717, 1.165) is 22.0 Å². The number of fused-ring (bicyclic) bond motifs is 1. The minimum Gasteiger partial charge on any atom is -0.454 e. The molecule has 0 saturated heterocycles. The van der Waals surface area contributed by atoms with Gasteiger partial charge >= 0.3 is 0 Å². The monoisotopic (exact) mass is 349 g/mol. The topological polar surface area (TPSA) is 47.6 Å². The Balaban J connectivity index is 1.54. The van der Waals surface area contributed by atoms with E-state index in [1.165, 1.54) is 11.8 Å². The summed E-state index contributed by atoms with van der Waals surface area (Å²) >= 11 is 7.32. The number of carbonyl (C=O) groups is 1. The van der Waals surface area contributed by atoms with Gasteiger partial charge in [-0.2, -0.15) is 0 Å². The van der Waals surface area contributed by atoms with Crippen LogP contribution in [0, 0.1) is 0 Å². The van der Waals surface area contributed by atoms with Gasteiger partial charge in [-0.05, 0) is 48.9 Å². The summed E-state index contributed by atoms with van der Waals surface area (Å²) < 4.78 is 10.6. The summed E-state index contributed by atoms with van der Waals surface area (Å²) in [6, 6.07) is 13.0. The van der Waals surface area contributed by atoms with Gasteiger partial charge in [0.05, 0.1) is 11.8 Å². The van der Waals surface area contributed by atoms with Crippen LogP contribution in [0.4, 0.5) is 0 Å². The maximum absolute atomic E-state index is 12.1. The molecule has 23 heavy (non-hydrogen) atoms. The van der Waals surface area contributed by atoms with E-state index in [-0.39, 0.29) is 18.7 Å². The number of halogens is 1. The quantitative estimate of drug-likeness (QED) is 0.828. The lowest BCUT2D eigenvalue weighted by molar-refractivity contribution is -0.119. The highest BCUT2D eigenvalue weighted by atomic mass is 35.5. The second-order valence-electron chi connectivity index (χ2n) is 5.14. The summed E-state index contributed by atoms with van der Waals surface area (Å²) in [6.45, 7) is 2.19. The molecule has 1 amide bonds. The molecule has 1 heterocycles. The molecular formula is C17H16ClNO3S. The minimum atomic E-state index is -0.0946. The van der Waals surface area contributed by atoms with Crippen molar-refractivity contribution < 1.29 is 14.3 Å². The molecule has 1 aliphatic heterocycles. The van der Waals surface area contributed by atoms with Gasteiger partial charge in [-0.3, -0.25) is 4.79 Å². The van der Waals surface area contributed by atoms with E-state index < -0.39 is 0 Å². The first-order valence-corrected chi connectivity index (χ1v) is 8.55. The first-order chi connectivity index (χ1) is 11.1. The molecule has 4 nitrogen and oxygen atoms in total. The Morgan fingerprint density at radius 3 is 2.74 bits per heavy atom. The fourth-order valence-electron chi connectivity index (χ4n) is 2.23. The molecule has 120 valence electrons. The van der Waals surface area contributed by atoms with E-state index in [9.17, 15) is 4.79 Å². The van der Waals surface area contributed by atoms with Gasteiger partial charge in [0.2, 0.25) is 12.7 Å². The van der Waals surface area contributed by atoms with E-state index in [4.69, 9.17) is 21.1 Å². The summed E-state index contributed by atoms with van der Waals surface area (Å²) in [4.78, 5) is 13.1. The highest BCUT2D eigenvalue weighted by Gasteiger charge is 2.16. The van der Waals surface area contributed by atoms with E-state index in [1.54, 1.807) is 0 Å². The van der Waals surface area contributed by atoms with Crippen molar-refractivity contribution in [2.24, 2.45) is 0 Å². The number of hydrogen-bond donors (Lipinski definition) is 1. The fraction of sp³-hybridized carbons (Fsp3) is 0.235. The zero-order valence-electron chi connectivity index (χ0n) is 12.5. The number of hydrogen-bond acceptors (Lipinski definition) is 4. The second-order valence-corrected chi connectivity index (χ2v) is 6.63. The molecule has 0 fully saturated rings. The van der Waals surface area contributed by atoms with Crippen LogP contribution in [-0.4, -0.2) is 18.5 Å². The third-order valence-electron chi connectivity index (χ3n) is 3.46. The molecule has 0 unspecified atom stereocenters. The molecule has 0 aromatic heterocycles. The molecule has 1 aliphatic rings. The fourth-order valence-corrected chi connectivity index (χ4v) is 3.06. The normalized spacial score (nSPS) is 13.7. The predicted octanol–water partition coefficient (Wildman–Crippen LogP) is 4.04. The Kier molecular flexibility index (Phi) is 4.98. The van der Waals surface area contributed by atoms with Crippen molar-refractivity contribution in [3.8, 4) is 11.5 Å². The minimum absolute atomic E-state index is 0.0184. The molecule has 1 N–H and O–H groups in total. The van der Waals surface area contributed by atoms with Crippen LogP contribution < -0.4 is 14.8 Å². The van der Waals surface area contributed by atoms with Crippen LogP contribution in [0.15, 0.2) is 47.4 Å². The summed E-state index contributed by atoms with van der Waals surface area (Å²) in [7, 11) is 0. The molecule has 1 atom stereocenters. The number of carbonyl (C=O) groups excluding carboxylic acids is 1. The SMILES string of the molecule is C[C@H](NC(=O)CSc1ccc(Cl)cc1)c1ccc2c(c1)OCO2. The highest BCUT2D eigenvalue weighted by molar-refractivity contribution is 8.00. The molecule has 0 radical (unpaired) electrons. The maximum Gasteiger partial charge on any atom is 0.231 e. The molecule has 2 aromatic carbocycles. The lowest BCUT2D eigenvalue weighted by Gasteiger charge is -2.14. The number of amides is 1. The van der Waals surface area contributed by atoms with Crippen LogP contribution in [0.5, 0.6) is 11.5 Å². The molecule has 3 rings (SSSR count). The van der Waals surface area contributed by atoms with Crippen LogP contribution in [0.2, 0.25) is 5.02 Å². The van der Waals surface area contributed by atoms with Crippen LogP contribution in [-0.2, 0) is 4.79 Å². The van der Waals surface area contributed by atoms with E-state index in [1.807, 2.05) is 49.4 Å². The average Bonchev–Trinajstić information content (AvgIpc) is 3.02. The number of rotatable bonds is 5. The Labute approximate surface area is 144 Å². The first kappa shape index (κ1) is 16.0. The summed E-state index contributed by atoms with van der Waals surface area (Å²) in [5, 5.41) is 3.68. The Hall–Kier alpha value is -1.85. The third kappa shape index (κ3) is 4.12. The van der Waals surface area contributed by atoms with E-state index in [0.29, 0.717) is 10.8 Å². The number of nitrogens with one attached hydrogen (secondary N) is 1. The molecule has 0 spiro atoms. The molecule has 0 saturated carbocycles. The van der Waals surface area contributed by atoms with Crippen LogP contribution in [0.25, 0.3) is 0 Å². The third-order valence-corrected chi connectivity index (χ3v) is 4.72. The molecule has 2 aromatic rings. The maximum atomic E-state index is 12.1.